The number of halogens is 2. The van der Waals surface area contributed by atoms with Crippen molar-refractivity contribution in [3.05, 3.63) is 47.6 Å². The molecule has 0 atom stereocenters. The molecule has 4 rings (SSSR count). The van der Waals surface area contributed by atoms with Crippen molar-refractivity contribution >= 4 is 24.8 Å². The van der Waals surface area contributed by atoms with E-state index in [-0.39, 0.29) is 51.0 Å². The molecule has 4 aliphatic rings. The second-order valence-electron chi connectivity index (χ2n) is 6.44. The van der Waals surface area contributed by atoms with Gasteiger partial charge in [-0.25, -0.2) is 23.3 Å². The maximum Gasteiger partial charge on any atom is 2.00 e. The smallest absolute Gasteiger partial charge is 0.269 e. The van der Waals surface area contributed by atoms with E-state index in [1.54, 1.807) is 0 Å². The molecule has 3 heteroatoms. The molecule has 0 aromatic carbocycles. The third kappa shape index (κ3) is 7.05. The van der Waals surface area contributed by atoms with Crippen molar-refractivity contribution in [1.82, 2.24) is 0 Å². The van der Waals surface area contributed by atoms with Crippen molar-refractivity contribution in [2.45, 2.75) is 64.2 Å². The van der Waals surface area contributed by atoms with Gasteiger partial charge in [0.1, 0.15) is 0 Å². The summed E-state index contributed by atoms with van der Waals surface area (Å²) in [7, 11) is 0. The summed E-state index contributed by atoms with van der Waals surface area (Å²) in [5.74, 6) is 1.75. The summed E-state index contributed by atoms with van der Waals surface area (Å²) in [5, 5.41) is 0. The van der Waals surface area contributed by atoms with Crippen LogP contribution in [0, 0.1) is 24.0 Å². The van der Waals surface area contributed by atoms with Crippen molar-refractivity contribution in [1.29, 1.82) is 0 Å². The van der Waals surface area contributed by atoms with E-state index in [4.69, 9.17) is 0 Å². The molecule has 0 heterocycles. The van der Waals surface area contributed by atoms with Crippen molar-refractivity contribution in [3.63, 3.8) is 0 Å². The molecule has 0 N–H and O–H groups in total. The minimum atomic E-state index is 0. The van der Waals surface area contributed by atoms with Gasteiger partial charge in [0, 0.05) is 0 Å². The summed E-state index contributed by atoms with van der Waals surface area (Å²) in [6, 6.07) is 0. The van der Waals surface area contributed by atoms with Crippen LogP contribution in [0.4, 0.5) is 0 Å². The minimum absolute atomic E-state index is 0. The first-order valence-electron chi connectivity index (χ1n) is 8.48. The van der Waals surface area contributed by atoms with Crippen LogP contribution >= 0.6 is 24.8 Å². The van der Waals surface area contributed by atoms with Gasteiger partial charge in [-0.05, 0) is 37.5 Å². The van der Waals surface area contributed by atoms with E-state index in [0.717, 1.165) is 24.7 Å². The van der Waals surface area contributed by atoms with Crippen LogP contribution in [-0.2, 0) is 26.2 Å². The summed E-state index contributed by atoms with van der Waals surface area (Å²) >= 11 is 0. The average molecular weight is 431 g/mol. The maximum absolute atomic E-state index is 3.40. The van der Waals surface area contributed by atoms with Crippen LogP contribution in [-0.4, -0.2) is 0 Å². The van der Waals surface area contributed by atoms with Crippen molar-refractivity contribution in [2.75, 3.05) is 0 Å². The second kappa shape index (κ2) is 12.7. The summed E-state index contributed by atoms with van der Waals surface area (Å²) in [5.41, 5.74) is 3.00. The van der Waals surface area contributed by atoms with Gasteiger partial charge >= 0.3 is 26.2 Å². The molecule has 0 aromatic heterocycles. The van der Waals surface area contributed by atoms with E-state index in [0.29, 0.717) is 0 Å². The molecule has 0 saturated heterocycles. The largest absolute Gasteiger partial charge is 2.00 e. The Morgan fingerprint density at radius 2 is 1.00 bits per heavy atom. The van der Waals surface area contributed by atoms with Crippen LogP contribution in [0.2, 0.25) is 0 Å². The van der Waals surface area contributed by atoms with E-state index >= 15 is 0 Å². The van der Waals surface area contributed by atoms with Gasteiger partial charge in [-0.1, -0.05) is 25.7 Å². The SMILES string of the molecule is Cl.Cl.[C-]1=C(C2CCCC2)C=CC1.[C-]1=C(C2CCCC2)C=CC1.[Zr+2]. The van der Waals surface area contributed by atoms with Gasteiger partial charge in [-0.15, -0.1) is 37.7 Å². The van der Waals surface area contributed by atoms with Gasteiger partial charge in [0.25, 0.3) is 0 Å². The van der Waals surface area contributed by atoms with Crippen LogP contribution in [0.5, 0.6) is 0 Å². The van der Waals surface area contributed by atoms with Gasteiger partial charge in [0.05, 0.1) is 0 Å². The van der Waals surface area contributed by atoms with Crippen LogP contribution in [0.3, 0.4) is 0 Å². The third-order valence-electron chi connectivity index (χ3n) is 5.03. The average Bonchev–Trinajstić information content (AvgIpc) is 3.29. The van der Waals surface area contributed by atoms with Gasteiger partial charge in [0.15, 0.2) is 0 Å². The fourth-order valence-corrected chi connectivity index (χ4v) is 3.88. The molecule has 0 bridgehead atoms. The molecule has 0 radical (unpaired) electrons. The Bertz CT molecular complexity index is 395. The van der Waals surface area contributed by atoms with Crippen LogP contribution < -0.4 is 0 Å². The molecule has 0 unspecified atom stereocenters. The molecule has 0 nitrogen and oxygen atoms in total. The molecule has 4 aliphatic carbocycles. The summed E-state index contributed by atoms with van der Waals surface area (Å²) in [6.45, 7) is 0. The van der Waals surface area contributed by atoms with E-state index < -0.39 is 0 Å². The molecule has 0 aromatic rings. The van der Waals surface area contributed by atoms with Gasteiger partial charge in [-0.3, -0.25) is 12.2 Å². The standard InChI is InChI=1S/2C10H13.2ClH.Zr/c2*1-2-6-9(5-1)10-7-3-4-8-10;;;/h2*1,5,10H,2-4,7-8H2;2*1H;/q2*-1;;;+2. The first-order valence-corrected chi connectivity index (χ1v) is 8.48. The maximum atomic E-state index is 3.40. The molecule has 23 heavy (non-hydrogen) atoms. The quantitative estimate of drug-likeness (QED) is 0.435. The zero-order valence-electron chi connectivity index (χ0n) is 13.9. The van der Waals surface area contributed by atoms with E-state index in [9.17, 15) is 0 Å². The summed E-state index contributed by atoms with van der Waals surface area (Å²) in [4.78, 5) is 0. The number of rotatable bonds is 2. The van der Waals surface area contributed by atoms with Crippen LogP contribution in [0.15, 0.2) is 35.5 Å². The molecule has 0 spiro atoms. The Morgan fingerprint density at radius 1 is 0.652 bits per heavy atom. The number of hydrogen-bond acceptors (Lipinski definition) is 0. The van der Waals surface area contributed by atoms with Gasteiger partial charge < -0.3 is 0 Å². The van der Waals surface area contributed by atoms with Crippen molar-refractivity contribution in [3.8, 4) is 0 Å². The predicted octanol–water partition coefficient (Wildman–Crippen LogP) is 6.57. The van der Waals surface area contributed by atoms with Crippen molar-refractivity contribution < 1.29 is 26.2 Å². The molecule has 2 fully saturated rings. The molecule has 0 amide bonds. The zero-order valence-corrected chi connectivity index (χ0v) is 17.9. The number of allylic oxidation sites excluding steroid dienone is 8. The molecular weight excluding hydrogens is 402 g/mol. The van der Waals surface area contributed by atoms with Crippen LogP contribution in [0.25, 0.3) is 0 Å². The second-order valence-corrected chi connectivity index (χ2v) is 6.44. The summed E-state index contributed by atoms with van der Waals surface area (Å²) in [6.07, 6.45) is 29.3. The Morgan fingerprint density at radius 3 is 1.26 bits per heavy atom. The third-order valence-corrected chi connectivity index (χ3v) is 5.03. The zero-order chi connectivity index (χ0) is 13.6. The van der Waals surface area contributed by atoms with Gasteiger partial charge in [-0.2, -0.15) is 12.2 Å². The fraction of sp³-hybridized carbons (Fsp3) is 0.600. The normalized spacial score (nSPS) is 22.4. The van der Waals surface area contributed by atoms with Crippen LogP contribution in [0.1, 0.15) is 64.2 Å². The van der Waals surface area contributed by atoms with Gasteiger partial charge in [0.2, 0.25) is 0 Å². The first kappa shape index (κ1) is 23.4. The molecule has 0 aliphatic heterocycles. The molecule has 126 valence electrons. The van der Waals surface area contributed by atoms with E-state index in [1.165, 1.54) is 62.5 Å². The fourth-order valence-electron chi connectivity index (χ4n) is 3.88. The molecule has 2 saturated carbocycles. The predicted molar refractivity (Wildman–Crippen MR) is 99.4 cm³/mol. The van der Waals surface area contributed by atoms with E-state index in [2.05, 4.69) is 36.5 Å². The minimum Gasteiger partial charge on any atom is -0.269 e. The Labute approximate surface area is 173 Å². The Balaban J connectivity index is 0.000000372. The van der Waals surface area contributed by atoms with Crippen molar-refractivity contribution in [2.24, 2.45) is 11.8 Å². The first-order chi connectivity index (χ1) is 9.93. The molecular formula is C20H28Cl2Zr. The number of hydrogen-bond donors (Lipinski definition) is 0. The summed E-state index contributed by atoms with van der Waals surface area (Å²) < 4.78 is 0. The Hall–Kier alpha value is 0.423. The topological polar surface area (TPSA) is 0 Å². The Kier molecular flexibility index (Phi) is 13.0. The van der Waals surface area contributed by atoms with E-state index in [1.807, 2.05) is 0 Å². The monoisotopic (exact) mass is 428 g/mol.